The van der Waals surface area contributed by atoms with Crippen molar-refractivity contribution in [3.05, 3.63) is 89.4 Å². The fourth-order valence-corrected chi connectivity index (χ4v) is 3.66. The lowest BCUT2D eigenvalue weighted by atomic mass is 10.2. The van der Waals surface area contributed by atoms with Crippen LogP contribution in [-0.4, -0.2) is 25.3 Å². The zero-order chi connectivity index (χ0) is 21.3. The molecule has 0 bridgehead atoms. The average molecular weight is 532 g/mol. The summed E-state index contributed by atoms with van der Waals surface area (Å²) in [5.74, 6) is 0.348. The van der Waals surface area contributed by atoms with Crippen LogP contribution in [0.5, 0.6) is 0 Å². The van der Waals surface area contributed by atoms with Gasteiger partial charge in [0.1, 0.15) is 0 Å². The van der Waals surface area contributed by atoms with Crippen molar-refractivity contribution in [2.75, 3.05) is 5.43 Å². The number of aromatic amines is 1. The van der Waals surface area contributed by atoms with E-state index in [-0.39, 0.29) is 11.2 Å². The zero-order valence-electron chi connectivity index (χ0n) is 15.8. The van der Waals surface area contributed by atoms with E-state index in [1.807, 2.05) is 48.5 Å². The molecule has 0 aliphatic rings. The van der Waals surface area contributed by atoms with E-state index in [2.05, 4.69) is 52.4 Å². The van der Waals surface area contributed by atoms with Crippen molar-refractivity contribution in [2.24, 2.45) is 12.1 Å². The Labute approximate surface area is 187 Å². The molecule has 0 aliphatic heterocycles. The van der Waals surface area contributed by atoms with Crippen LogP contribution in [0.25, 0.3) is 11.2 Å². The molecule has 0 saturated carbocycles. The van der Waals surface area contributed by atoms with E-state index in [1.165, 1.54) is 4.57 Å². The van der Waals surface area contributed by atoms with Gasteiger partial charge < -0.3 is 0 Å². The lowest BCUT2D eigenvalue weighted by Crippen LogP contribution is -2.29. The SMILES string of the molecule is Cn1c(=O)[nH]c(=O)c2c1nc(N/N=C\c1ccc(Br)cc1)n2Cc1ccccc1Br. The van der Waals surface area contributed by atoms with Gasteiger partial charge in [0.2, 0.25) is 5.95 Å². The molecular weight excluding hydrogens is 516 g/mol. The van der Waals surface area contributed by atoms with Gasteiger partial charge in [-0.25, -0.2) is 10.2 Å². The number of halogens is 2. The molecule has 0 radical (unpaired) electrons. The number of hydrazone groups is 1. The summed E-state index contributed by atoms with van der Waals surface area (Å²) in [6.45, 7) is 0.356. The molecule has 4 aromatic rings. The van der Waals surface area contributed by atoms with Crippen LogP contribution in [0.1, 0.15) is 11.1 Å². The van der Waals surface area contributed by atoms with E-state index in [0.29, 0.717) is 12.5 Å². The molecule has 30 heavy (non-hydrogen) atoms. The first-order valence-corrected chi connectivity index (χ1v) is 10.5. The Balaban J connectivity index is 1.79. The fraction of sp³-hybridized carbons (Fsp3) is 0.100. The van der Waals surface area contributed by atoms with Gasteiger partial charge in [-0.3, -0.25) is 18.9 Å². The highest BCUT2D eigenvalue weighted by molar-refractivity contribution is 9.10. The maximum atomic E-state index is 12.6. The van der Waals surface area contributed by atoms with E-state index < -0.39 is 11.2 Å². The predicted octanol–water partition coefficient (Wildman–Crippen LogP) is 3.44. The van der Waals surface area contributed by atoms with E-state index in [0.717, 1.165) is 20.1 Å². The van der Waals surface area contributed by atoms with Crippen molar-refractivity contribution in [2.45, 2.75) is 6.54 Å². The smallest absolute Gasteiger partial charge is 0.298 e. The lowest BCUT2D eigenvalue weighted by molar-refractivity contribution is 0.806. The first kappa shape index (κ1) is 20.3. The third-order valence-electron chi connectivity index (χ3n) is 4.54. The Bertz CT molecular complexity index is 1370. The van der Waals surface area contributed by atoms with E-state index in [9.17, 15) is 9.59 Å². The second-order valence-electron chi connectivity index (χ2n) is 6.53. The fourth-order valence-electron chi connectivity index (χ4n) is 2.98. The molecule has 2 aromatic heterocycles. The van der Waals surface area contributed by atoms with Crippen LogP contribution in [0.2, 0.25) is 0 Å². The number of fused-ring (bicyclic) bond motifs is 1. The maximum Gasteiger partial charge on any atom is 0.329 e. The second kappa shape index (κ2) is 8.41. The number of benzene rings is 2. The van der Waals surface area contributed by atoms with Gasteiger partial charge in [-0.05, 0) is 29.3 Å². The Morgan fingerprint density at radius 2 is 1.87 bits per heavy atom. The van der Waals surface area contributed by atoms with E-state index in [1.54, 1.807) is 17.8 Å². The van der Waals surface area contributed by atoms with Crippen LogP contribution in [-0.2, 0) is 13.6 Å². The number of aryl methyl sites for hydroxylation is 1. The molecule has 2 aromatic carbocycles. The number of imidazole rings is 1. The number of hydrogen-bond acceptors (Lipinski definition) is 5. The summed E-state index contributed by atoms with van der Waals surface area (Å²) in [6.07, 6.45) is 1.65. The van der Waals surface area contributed by atoms with Crippen molar-refractivity contribution in [1.29, 1.82) is 0 Å². The molecule has 0 fully saturated rings. The summed E-state index contributed by atoms with van der Waals surface area (Å²) >= 11 is 6.93. The van der Waals surface area contributed by atoms with Crippen LogP contribution in [0.3, 0.4) is 0 Å². The summed E-state index contributed by atoms with van der Waals surface area (Å²) in [6, 6.07) is 15.4. The first-order valence-electron chi connectivity index (χ1n) is 8.91. The first-order chi connectivity index (χ1) is 14.4. The monoisotopic (exact) mass is 530 g/mol. The van der Waals surface area contributed by atoms with Crippen molar-refractivity contribution < 1.29 is 0 Å². The molecule has 0 atom stereocenters. The van der Waals surface area contributed by atoms with Crippen LogP contribution in [0.4, 0.5) is 5.95 Å². The van der Waals surface area contributed by atoms with Crippen molar-refractivity contribution in [1.82, 2.24) is 19.1 Å². The highest BCUT2D eigenvalue weighted by Gasteiger charge is 2.18. The molecule has 10 heteroatoms. The molecule has 0 saturated heterocycles. The molecule has 2 N–H and O–H groups in total. The van der Waals surface area contributed by atoms with Gasteiger partial charge in [-0.15, -0.1) is 0 Å². The standard InChI is InChI=1S/C20H16Br2N6O2/c1-27-17-16(18(29)25-20(27)30)28(11-13-4-2-3-5-15(13)22)19(24-17)26-23-10-12-6-8-14(21)9-7-12/h2-10H,11H2,1H3,(H,24,26)(H,25,29,30)/b23-10-. The Morgan fingerprint density at radius 1 is 1.13 bits per heavy atom. The third kappa shape index (κ3) is 4.01. The molecular formula is C20H16Br2N6O2. The molecule has 4 rings (SSSR count). The molecule has 0 amide bonds. The molecule has 2 heterocycles. The van der Waals surface area contributed by atoms with Gasteiger partial charge in [0.15, 0.2) is 11.2 Å². The number of aromatic nitrogens is 4. The molecule has 0 unspecified atom stereocenters. The minimum atomic E-state index is -0.525. The average Bonchev–Trinajstić information content (AvgIpc) is 3.08. The number of rotatable bonds is 5. The normalized spacial score (nSPS) is 11.4. The summed E-state index contributed by atoms with van der Waals surface area (Å²) in [5, 5.41) is 4.26. The molecule has 0 aliphatic carbocycles. The molecule has 0 spiro atoms. The summed E-state index contributed by atoms with van der Waals surface area (Å²) in [5.41, 5.74) is 4.28. The minimum absolute atomic E-state index is 0.275. The van der Waals surface area contributed by atoms with Crippen LogP contribution < -0.4 is 16.7 Å². The second-order valence-corrected chi connectivity index (χ2v) is 8.30. The number of anilines is 1. The van der Waals surface area contributed by atoms with Gasteiger partial charge in [0, 0.05) is 16.0 Å². The topological polar surface area (TPSA) is 97.1 Å². The van der Waals surface area contributed by atoms with Gasteiger partial charge in [0.25, 0.3) is 5.56 Å². The third-order valence-corrected chi connectivity index (χ3v) is 5.84. The van der Waals surface area contributed by atoms with Crippen molar-refractivity contribution in [3.8, 4) is 0 Å². The molecule has 152 valence electrons. The van der Waals surface area contributed by atoms with Gasteiger partial charge in [0.05, 0.1) is 12.8 Å². The quantitative estimate of drug-likeness (QED) is 0.304. The van der Waals surface area contributed by atoms with Crippen molar-refractivity contribution in [3.63, 3.8) is 0 Å². The minimum Gasteiger partial charge on any atom is -0.298 e. The summed E-state index contributed by atoms with van der Waals surface area (Å²) in [7, 11) is 1.56. The summed E-state index contributed by atoms with van der Waals surface area (Å²) < 4.78 is 4.88. The maximum absolute atomic E-state index is 12.6. The van der Waals surface area contributed by atoms with Crippen LogP contribution in [0.15, 0.2) is 72.2 Å². The Kier molecular flexibility index (Phi) is 5.69. The highest BCUT2D eigenvalue weighted by Crippen LogP contribution is 2.22. The van der Waals surface area contributed by atoms with E-state index >= 15 is 0 Å². The summed E-state index contributed by atoms with van der Waals surface area (Å²) in [4.78, 5) is 31.4. The van der Waals surface area contributed by atoms with Gasteiger partial charge in [-0.1, -0.05) is 62.2 Å². The van der Waals surface area contributed by atoms with Crippen LogP contribution >= 0.6 is 31.9 Å². The Morgan fingerprint density at radius 3 is 2.60 bits per heavy atom. The van der Waals surface area contributed by atoms with E-state index in [4.69, 9.17) is 0 Å². The number of H-pyrrole nitrogens is 1. The Hall–Kier alpha value is -2.98. The number of hydrogen-bond donors (Lipinski definition) is 2. The highest BCUT2D eigenvalue weighted by atomic mass is 79.9. The predicted molar refractivity (Wildman–Crippen MR) is 124 cm³/mol. The van der Waals surface area contributed by atoms with Gasteiger partial charge >= 0.3 is 5.69 Å². The number of nitrogens with zero attached hydrogens (tertiary/aromatic N) is 4. The zero-order valence-corrected chi connectivity index (χ0v) is 18.9. The molecule has 8 nitrogen and oxygen atoms in total. The van der Waals surface area contributed by atoms with Crippen LogP contribution in [0, 0.1) is 0 Å². The largest absolute Gasteiger partial charge is 0.329 e. The van der Waals surface area contributed by atoms with Gasteiger partial charge in [-0.2, -0.15) is 10.1 Å². The number of nitrogens with one attached hydrogen (secondary N) is 2. The van der Waals surface area contributed by atoms with Crippen molar-refractivity contribution >= 4 is 55.2 Å². The lowest BCUT2D eigenvalue weighted by Gasteiger charge is -2.09.